The largest absolute Gasteiger partial charge is 0.467 e. The number of halogens is 1. The Labute approximate surface area is 183 Å². The monoisotopic (exact) mass is 427 g/mol. The zero-order valence-corrected chi connectivity index (χ0v) is 18.4. The molecule has 0 saturated carbocycles. The van der Waals surface area contributed by atoms with Crippen LogP contribution in [0.25, 0.3) is 0 Å². The predicted octanol–water partition coefficient (Wildman–Crippen LogP) is 3.50. The molecule has 2 aliphatic rings. The third kappa shape index (κ3) is 4.99. The van der Waals surface area contributed by atoms with Crippen molar-refractivity contribution in [2.75, 3.05) is 40.1 Å². The first-order chi connectivity index (χ1) is 15.0. The van der Waals surface area contributed by atoms with Crippen molar-refractivity contribution in [3.05, 3.63) is 64.0 Å². The van der Waals surface area contributed by atoms with Crippen LogP contribution in [0.3, 0.4) is 0 Å². The van der Waals surface area contributed by atoms with E-state index in [1.165, 1.54) is 22.8 Å². The van der Waals surface area contributed by atoms with Crippen LogP contribution in [0.1, 0.15) is 33.9 Å². The molecule has 1 N–H and O–H groups in total. The average Bonchev–Trinajstić information content (AvgIpc) is 2.76. The van der Waals surface area contributed by atoms with Crippen LogP contribution in [0.4, 0.5) is 4.39 Å². The predicted molar refractivity (Wildman–Crippen MR) is 118 cm³/mol. The second-order valence-corrected chi connectivity index (χ2v) is 8.05. The lowest BCUT2D eigenvalue weighted by molar-refractivity contribution is -0.0172. The molecule has 6 nitrogen and oxygen atoms in total. The maximum Gasteiger partial charge on any atom is 0.193 e. The van der Waals surface area contributed by atoms with E-state index in [1.807, 2.05) is 0 Å². The minimum Gasteiger partial charge on any atom is -0.467 e. The van der Waals surface area contributed by atoms with E-state index in [0.29, 0.717) is 26.2 Å². The molecule has 0 amide bonds. The molecule has 2 aromatic rings. The summed E-state index contributed by atoms with van der Waals surface area (Å²) in [5, 5.41) is 3.42. The summed E-state index contributed by atoms with van der Waals surface area (Å²) in [7, 11) is 1.79. The quantitative estimate of drug-likeness (QED) is 0.598. The number of rotatable bonds is 4. The van der Waals surface area contributed by atoms with Gasteiger partial charge < -0.3 is 24.4 Å². The number of nitrogens with zero attached hydrogens (tertiary/aromatic N) is 2. The molecule has 1 unspecified atom stereocenters. The van der Waals surface area contributed by atoms with Crippen molar-refractivity contribution in [2.24, 2.45) is 4.99 Å². The Morgan fingerprint density at radius 3 is 2.94 bits per heavy atom. The Morgan fingerprint density at radius 2 is 2.13 bits per heavy atom. The summed E-state index contributed by atoms with van der Waals surface area (Å²) in [6, 6.07) is 9.50. The highest BCUT2D eigenvalue weighted by Crippen LogP contribution is 2.30. The first kappa shape index (κ1) is 21.6. The van der Waals surface area contributed by atoms with Crippen molar-refractivity contribution in [1.29, 1.82) is 0 Å². The van der Waals surface area contributed by atoms with Crippen LogP contribution in [0.2, 0.25) is 0 Å². The van der Waals surface area contributed by atoms with Crippen LogP contribution in [0.15, 0.2) is 35.3 Å². The second kappa shape index (κ2) is 9.66. The Hall–Kier alpha value is -2.64. The van der Waals surface area contributed by atoms with Gasteiger partial charge >= 0.3 is 0 Å². The lowest BCUT2D eigenvalue weighted by Gasteiger charge is -2.36. The van der Waals surface area contributed by atoms with Crippen LogP contribution in [0.5, 0.6) is 5.75 Å². The fourth-order valence-corrected chi connectivity index (χ4v) is 4.30. The van der Waals surface area contributed by atoms with E-state index in [4.69, 9.17) is 14.2 Å². The van der Waals surface area contributed by atoms with Gasteiger partial charge in [-0.15, -0.1) is 0 Å². The summed E-state index contributed by atoms with van der Waals surface area (Å²) in [5.74, 6) is 1.30. The van der Waals surface area contributed by atoms with E-state index in [2.05, 4.69) is 47.3 Å². The first-order valence-corrected chi connectivity index (χ1v) is 10.7. The number of hydrogen-bond acceptors (Lipinski definition) is 4. The van der Waals surface area contributed by atoms with Crippen molar-refractivity contribution < 1.29 is 18.6 Å². The molecule has 166 valence electrons. The highest BCUT2D eigenvalue weighted by Gasteiger charge is 2.25. The van der Waals surface area contributed by atoms with Gasteiger partial charge in [-0.3, -0.25) is 4.99 Å². The van der Waals surface area contributed by atoms with Gasteiger partial charge in [0, 0.05) is 25.7 Å². The minimum atomic E-state index is -0.267. The molecule has 1 fully saturated rings. The zero-order chi connectivity index (χ0) is 21.8. The van der Waals surface area contributed by atoms with Gasteiger partial charge in [-0.1, -0.05) is 23.8 Å². The van der Waals surface area contributed by atoms with E-state index in [-0.39, 0.29) is 18.7 Å². The van der Waals surface area contributed by atoms with Gasteiger partial charge in [0.25, 0.3) is 0 Å². The maximum absolute atomic E-state index is 14.0. The molecule has 0 radical (unpaired) electrons. The highest BCUT2D eigenvalue weighted by atomic mass is 19.1. The lowest BCUT2D eigenvalue weighted by atomic mass is 10.00. The van der Waals surface area contributed by atoms with Gasteiger partial charge in [0.2, 0.25) is 0 Å². The first-order valence-electron chi connectivity index (χ1n) is 10.7. The van der Waals surface area contributed by atoms with Crippen molar-refractivity contribution in [2.45, 2.75) is 33.0 Å². The van der Waals surface area contributed by atoms with Crippen molar-refractivity contribution in [3.63, 3.8) is 0 Å². The zero-order valence-electron chi connectivity index (χ0n) is 18.4. The topological polar surface area (TPSA) is 55.3 Å². The summed E-state index contributed by atoms with van der Waals surface area (Å²) in [5.41, 5.74) is 5.32. The van der Waals surface area contributed by atoms with Gasteiger partial charge in [-0.2, -0.15) is 0 Å². The summed E-state index contributed by atoms with van der Waals surface area (Å²) >= 11 is 0. The summed E-state index contributed by atoms with van der Waals surface area (Å²) < 4.78 is 30.9. The molecule has 0 bridgehead atoms. The van der Waals surface area contributed by atoms with Crippen molar-refractivity contribution in [3.8, 4) is 5.75 Å². The number of morpholine rings is 1. The number of nitrogens with one attached hydrogen (secondary N) is 1. The molecular formula is C24H30FN3O3. The third-order valence-corrected chi connectivity index (χ3v) is 5.78. The van der Waals surface area contributed by atoms with Crippen molar-refractivity contribution in [1.82, 2.24) is 10.2 Å². The molecule has 4 rings (SSSR count). The van der Waals surface area contributed by atoms with E-state index in [1.54, 1.807) is 13.1 Å². The molecule has 2 aromatic carbocycles. The Bertz CT molecular complexity index is 963. The van der Waals surface area contributed by atoms with Crippen molar-refractivity contribution >= 4 is 5.96 Å². The molecular weight excluding hydrogens is 397 g/mol. The molecule has 0 aromatic heterocycles. The Kier molecular flexibility index (Phi) is 6.73. The maximum atomic E-state index is 14.0. The van der Waals surface area contributed by atoms with Gasteiger partial charge in [-0.05, 0) is 49.1 Å². The number of guanidine groups is 1. The number of benzene rings is 2. The number of fused-ring (bicyclic) bond motifs is 1. The van der Waals surface area contributed by atoms with E-state index in [9.17, 15) is 4.39 Å². The van der Waals surface area contributed by atoms with Gasteiger partial charge in [0.15, 0.2) is 12.8 Å². The van der Waals surface area contributed by atoms with Crippen LogP contribution in [0, 0.1) is 19.7 Å². The SMILES string of the molecule is CN=C(NCCc1cc(F)cc2c1OCOC2)N1CCOC(c2ccc(C)cc2C)C1. The molecule has 7 heteroatoms. The third-order valence-electron chi connectivity index (χ3n) is 5.78. The molecule has 2 aliphatic heterocycles. The van der Waals surface area contributed by atoms with E-state index in [0.717, 1.165) is 35.9 Å². The molecule has 2 heterocycles. The van der Waals surface area contributed by atoms with Crippen LogP contribution < -0.4 is 10.1 Å². The summed E-state index contributed by atoms with van der Waals surface area (Å²) in [4.78, 5) is 6.68. The molecule has 0 aliphatic carbocycles. The fraction of sp³-hybridized carbons (Fsp3) is 0.458. The van der Waals surface area contributed by atoms with Crippen LogP contribution >= 0.6 is 0 Å². The van der Waals surface area contributed by atoms with Gasteiger partial charge in [-0.25, -0.2) is 4.39 Å². The summed E-state index contributed by atoms with van der Waals surface area (Å²) in [6.07, 6.45) is 0.640. The molecule has 31 heavy (non-hydrogen) atoms. The molecule has 1 atom stereocenters. The van der Waals surface area contributed by atoms with Crippen LogP contribution in [-0.4, -0.2) is 50.9 Å². The summed E-state index contributed by atoms with van der Waals surface area (Å²) in [6.45, 7) is 7.59. The number of aryl methyl sites for hydroxylation is 2. The highest BCUT2D eigenvalue weighted by molar-refractivity contribution is 5.80. The molecule has 0 spiro atoms. The van der Waals surface area contributed by atoms with Crippen LogP contribution in [-0.2, 0) is 22.5 Å². The Morgan fingerprint density at radius 1 is 1.26 bits per heavy atom. The number of aliphatic imine (C=N–C) groups is 1. The Balaban J connectivity index is 1.39. The number of ether oxygens (including phenoxy) is 3. The standard InChI is InChI=1S/C24H30FN3O3/c1-16-4-5-21(17(2)10-16)22-13-28(8-9-30-22)24(26-3)27-7-6-18-11-20(25)12-19-14-29-15-31-23(18)19/h4-5,10-12,22H,6-9,13-15H2,1-3H3,(H,26,27). The smallest absolute Gasteiger partial charge is 0.193 e. The minimum absolute atomic E-state index is 0.0107. The van der Waals surface area contributed by atoms with E-state index < -0.39 is 0 Å². The second-order valence-electron chi connectivity index (χ2n) is 8.05. The lowest BCUT2D eigenvalue weighted by Crippen LogP contribution is -2.48. The fourth-order valence-electron chi connectivity index (χ4n) is 4.30. The number of hydrogen-bond donors (Lipinski definition) is 1. The van der Waals surface area contributed by atoms with Gasteiger partial charge in [0.1, 0.15) is 17.7 Å². The average molecular weight is 428 g/mol. The van der Waals surface area contributed by atoms with E-state index >= 15 is 0 Å². The normalized spacial score (nSPS) is 19.0. The van der Waals surface area contributed by atoms with Gasteiger partial charge in [0.05, 0.1) is 19.8 Å². The molecule has 1 saturated heterocycles.